The Labute approximate surface area is 192 Å². The molecule has 1 N–H and O–H groups in total. The van der Waals surface area contributed by atoms with Crippen molar-refractivity contribution in [2.24, 2.45) is 0 Å². The first-order valence-electron chi connectivity index (χ1n) is 10.5. The molecule has 3 aromatic heterocycles. The molecule has 3 heterocycles. The number of halogens is 3. The van der Waals surface area contributed by atoms with E-state index in [1.807, 2.05) is 11.3 Å². The molecule has 0 saturated heterocycles. The molecule has 0 spiro atoms. The predicted molar refractivity (Wildman–Crippen MR) is 121 cm³/mol. The molecule has 6 nitrogen and oxygen atoms in total. The van der Waals surface area contributed by atoms with Crippen molar-refractivity contribution in [3.8, 4) is 0 Å². The van der Waals surface area contributed by atoms with Gasteiger partial charge in [0.05, 0.1) is 23.0 Å². The van der Waals surface area contributed by atoms with Gasteiger partial charge in [0.25, 0.3) is 0 Å². The van der Waals surface area contributed by atoms with Crippen LogP contribution < -0.4 is 5.32 Å². The molecule has 0 bridgehead atoms. The molecule has 4 aromatic rings. The van der Waals surface area contributed by atoms with E-state index in [9.17, 15) is 18.0 Å². The molecule has 0 radical (unpaired) electrons. The van der Waals surface area contributed by atoms with Crippen molar-refractivity contribution in [1.82, 2.24) is 19.4 Å². The normalized spacial score (nSPS) is 12.8. The summed E-state index contributed by atoms with van der Waals surface area (Å²) in [5.41, 5.74) is 1.96. The fourth-order valence-electron chi connectivity index (χ4n) is 3.45. The molecule has 1 unspecified atom stereocenters. The summed E-state index contributed by atoms with van der Waals surface area (Å²) >= 11 is 1.36. The minimum Gasteiger partial charge on any atom is -0.346 e. The van der Waals surface area contributed by atoms with Crippen molar-refractivity contribution in [2.45, 2.75) is 45.2 Å². The first kappa shape index (κ1) is 22.9. The van der Waals surface area contributed by atoms with Gasteiger partial charge in [-0.15, -0.1) is 11.3 Å². The molecule has 0 aliphatic carbocycles. The highest BCUT2D eigenvalue weighted by molar-refractivity contribution is 7.15. The number of hydrogen-bond donors (Lipinski definition) is 1. The summed E-state index contributed by atoms with van der Waals surface area (Å²) < 4.78 is 40.1. The molecule has 1 aromatic carbocycles. The zero-order valence-corrected chi connectivity index (χ0v) is 18.9. The molecule has 10 heteroatoms. The van der Waals surface area contributed by atoms with E-state index in [2.05, 4.69) is 27.2 Å². The van der Waals surface area contributed by atoms with Crippen molar-refractivity contribution >= 4 is 33.5 Å². The third-order valence-electron chi connectivity index (χ3n) is 5.18. The number of fused-ring (bicyclic) bond motifs is 1. The molecule has 172 valence electrons. The molecule has 0 saturated carbocycles. The van der Waals surface area contributed by atoms with E-state index < -0.39 is 11.7 Å². The SMILES string of the molecule is CCCc1cnc2cnc(C(=O)CC(C)c3ncc(Nc4ccc(C(F)(F)F)cc4)s3)cn12. The molecule has 33 heavy (non-hydrogen) atoms. The minimum absolute atomic E-state index is 0.0898. The van der Waals surface area contributed by atoms with Crippen LogP contribution in [0.2, 0.25) is 0 Å². The Morgan fingerprint density at radius 1 is 1.12 bits per heavy atom. The van der Waals surface area contributed by atoms with Gasteiger partial charge >= 0.3 is 6.18 Å². The second-order valence-electron chi connectivity index (χ2n) is 7.79. The van der Waals surface area contributed by atoms with Gasteiger partial charge in [-0.2, -0.15) is 13.2 Å². The summed E-state index contributed by atoms with van der Waals surface area (Å²) in [5.74, 6) is -0.228. The maximum absolute atomic E-state index is 12.8. The molecule has 0 aliphatic rings. The number of thiazole rings is 1. The Bertz CT molecular complexity index is 1260. The van der Waals surface area contributed by atoms with Gasteiger partial charge in [-0.25, -0.2) is 15.0 Å². The van der Waals surface area contributed by atoms with Crippen LogP contribution in [0.25, 0.3) is 5.65 Å². The molecule has 0 aliphatic heterocycles. The Morgan fingerprint density at radius 3 is 2.58 bits per heavy atom. The zero-order valence-electron chi connectivity index (χ0n) is 18.1. The average Bonchev–Trinajstić information content (AvgIpc) is 3.41. The van der Waals surface area contributed by atoms with Gasteiger partial charge in [-0.1, -0.05) is 20.3 Å². The lowest BCUT2D eigenvalue weighted by Gasteiger charge is -2.09. The van der Waals surface area contributed by atoms with Crippen molar-refractivity contribution in [1.29, 1.82) is 0 Å². The summed E-state index contributed by atoms with van der Waals surface area (Å²) in [7, 11) is 0. The van der Waals surface area contributed by atoms with Crippen LogP contribution in [0.15, 0.2) is 49.1 Å². The summed E-state index contributed by atoms with van der Waals surface area (Å²) in [6.07, 6.45) is 4.47. The van der Waals surface area contributed by atoms with Crippen LogP contribution in [0.3, 0.4) is 0 Å². The number of ketones is 1. The lowest BCUT2D eigenvalue weighted by atomic mass is 10.0. The fraction of sp³-hybridized carbons (Fsp3) is 0.304. The molecule has 0 amide bonds. The van der Waals surface area contributed by atoms with Crippen LogP contribution in [-0.4, -0.2) is 25.1 Å². The lowest BCUT2D eigenvalue weighted by Crippen LogP contribution is -2.09. The highest BCUT2D eigenvalue weighted by Crippen LogP contribution is 2.33. The molecule has 1 atom stereocenters. The number of alkyl halides is 3. The zero-order chi connectivity index (χ0) is 23.6. The number of nitrogens with zero attached hydrogens (tertiary/aromatic N) is 4. The van der Waals surface area contributed by atoms with E-state index in [1.54, 1.807) is 24.8 Å². The van der Waals surface area contributed by atoms with E-state index in [0.29, 0.717) is 22.0 Å². The number of carbonyl (C=O) groups is 1. The summed E-state index contributed by atoms with van der Waals surface area (Å²) in [6, 6.07) is 4.81. The van der Waals surface area contributed by atoms with Crippen LogP contribution in [0.1, 0.15) is 59.4 Å². The number of carbonyl (C=O) groups excluding carboxylic acids is 1. The van der Waals surface area contributed by atoms with E-state index in [4.69, 9.17) is 0 Å². The van der Waals surface area contributed by atoms with E-state index >= 15 is 0 Å². The highest BCUT2D eigenvalue weighted by Gasteiger charge is 2.30. The van der Waals surface area contributed by atoms with Gasteiger partial charge < -0.3 is 9.72 Å². The number of aromatic nitrogens is 4. The number of nitrogens with one attached hydrogen (secondary N) is 1. The Kier molecular flexibility index (Phi) is 6.46. The number of aryl methyl sites for hydroxylation is 1. The smallest absolute Gasteiger partial charge is 0.346 e. The van der Waals surface area contributed by atoms with E-state index in [0.717, 1.165) is 35.7 Å². The average molecular weight is 474 g/mol. The van der Waals surface area contributed by atoms with Gasteiger partial charge in [0, 0.05) is 36.1 Å². The molecule has 0 fully saturated rings. The Hall–Kier alpha value is -3.27. The van der Waals surface area contributed by atoms with E-state index in [-0.39, 0.29) is 18.1 Å². The van der Waals surface area contributed by atoms with Crippen molar-refractivity contribution in [3.63, 3.8) is 0 Å². The second kappa shape index (κ2) is 9.30. The summed E-state index contributed by atoms with van der Waals surface area (Å²) in [6.45, 7) is 4.00. The monoisotopic (exact) mass is 473 g/mol. The van der Waals surface area contributed by atoms with Gasteiger partial charge in [-0.05, 0) is 30.7 Å². The van der Waals surface area contributed by atoms with E-state index in [1.165, 1.54) is 23.5 Å². The number of Topliss-reactive ketones (excluding diaryl/α,β-unsaturated/α-hetero) is 1. The first-order valence-corrected chi connectivity index (χ1v) is 11.3. The van der Waals surface area contributed by atoms with Crippen LogP contribution >= 0.6 is 11.3 Å². The standard InChI is InChI=1S/C23H22F3N5OS/c1-3-4-17-10-28-20-11-27-18(13-31(17)20)19(32)9-14(2)22-29-12-21(33-22)30-16-7-5-15(6-8-16)23(24,25)26/h5-8,10-14,30H,3-4,9H2,1-2H3. The number of hydrogen-bond acceptors (Lipinski definition) is 6. The van der Waals surface area contributed by atoms with Crippen LogP contribution in [0, 0.1) is 0 Å². The topological polar surface area (TPSA) is 72.2 Å². The number of benzene rings is 1. The van der Waals surface area contributed by atoms with Gasteiger partial charge in [0.2, 0.25) is 0 Å². The molecular formula is C23H22F3N5OS. The minimum atomic E-state index is -4.37. The maximum atomic E-state index is 12.8. The van der Waals surface area contributed by atoms with Crippen LogP contribution in [-0.2, 0) is 12.6 Å². The second-order valence-corrected chi connectivity index (χ2v) is 8.85. The van der Waals surface area contributed by atoms with Crippen molar-refractivity contribution in [2.75, 3.05) is 5.32 Å². The van der Waals surface area contributed by atoms with Gasteiger partial charge in [0.15, 0.2) is 11.4 Å². The van der Waals surface area contributed by atoms with Crippen molar-refractivity contribution < 1.29 is 18.0 Å². The maximum Gasteiger partial charge on any atom is 0.416 e. The molecule has 4 rings (SSSR count). The summed E-state index contributed by atoms with van der Waals surface area (Å²) in [4.78, 5) is 25.8. The lowest BCUT2D eigenvalue weighted by molar-refractivity contribution is -0.137. The van der Waals surface area contributed by atoms with Crippen molar-refractivity contribution in [3.05, 3.63) is 71.0 Å². The number of anilines is 2. The van der Waals surface area contributed by atoms with Crippen LogP contribution in [0.5, 0.6) is 0 Å². The summed E-state index contributed by atoms with van der Waals surface area (Å²) in [5, 5.41) is 4.50. The third kappa shape index (κ3) is 5.22. The largest absolute Gasteiger partial charge is 0.416 e. The number of imidazole rings is 1. The molecular weight excluding hydrogens is 451 g/mol. The quantitative estimate of drug-likeness (QED) is 0.305. The highest BCUT2D eigenvalue weighted by atomic mass is 32.1. The number of rotatable bonds is 8. The first-order chi connectivity index (χ1) is 15.7. The van der Waals surface area contributed by atoms with Crippen LogP contribution in [0.4, 0.5) is 23.9 Å². The third-order valence-corrected chi connectivity index (χ3v) is 6.33. The predicted octanol–water partition coefficient (Wildman–Crippen LogP) is 6.28. The fourth-order valence-corrected chi connectivity index (χ4v) is 4.34. The Balaban J connectivity index is 1.42. The Morgan fingerprint density at radius 2 is 1.88 bits per heavy atom. The van der Waals surface area contributed by atoms with Gasteiger partial charge in [-0.3, -0.25) is 4.79 Å². The van der Waals surface area contributed by atoms with Gasteiger partial charge in [0.1, 0.15) is 10.7 Å².